The molecule has 0 bridgehead atoms. The third-order valence-corrected chi connectivity index (χ3v) is 5.36. The molecular formula is C19H25N5O. The maximum atomic E-state index is 12.7. The van der Waals surface area contributed by atoms with Crippen molar-refractivity contribution < 1.29 is 4.79 Å². The summed E-state index contributed by atoms with van der Waals surface area (Å²) in [5, 5.41) is 7.58. The van der Waals surface area contributed by atoms with Gasteiger partial charge >= 0.3 is 6.03 Å². The summed E-state index contributed by atoms with van der Waals surface area (Å²) in [6.45, 7) is 3.27. The third-order valence-electron chi connectivity index (χ3n) is 5.36. The molecule has 1 aromatic heterocycles. The molecule has 132 valence electrons. The van der Waals surface area contributed by atoms with E-state index in [0.717, 1.165) is 45.4 Å². The van der Waals surface area contributed by atoms with Crippen molar-refractivity contribution in [2.24, 2.45) is 7.05 Å². The Balaban J connectivity index is 1.36. The van der Waals surface area contributed by atoms with Gasteiger partial charge in [-0.2, -0.15) is 5.10 Å². The molecule has 25 heavy (non-hydrogen) atoms. The molecule has 4 rings (SSSR count). The fourth-order valence-corrected chi connectivity index (χ4v) is 3.90. The number of fused-ring (bicyclic) bond motifs is 1. The van der Waals surface area contributed by atoms with Gasteiger partial charge in [-0.05, 0) is 31.4 Å². The van der Waals surface area contributed by atoms with Gasteiger partial charge in [0.25, 0.3) is 0 Å². The quantitative estimate of drug-likeness (QED) is 0.914. The summed E-state index contributed by atoms with van der Waals surface area (Å²) >= 11 is 0. The second kappa shape index (κ2) is 6.78. The van der Waals surface area contributed by atoms with E-state index in [9.17, 15) is 4.79 Å². The van der Waals surface area contributed by atoms with E-state index in [1.807, 2.05) is 28.9 Å². The van der Waals surface area contributed by atoms with E-state index in [0.29, 0.717) is 0 Å². The monoisotopic (exact) mass is 339 g/mol. The van der Waals surface area contributed by atoms with Gasteiger partial charge in [0.1, 0.15) is 0 Å². The summed E-state index contributed by atoms with van der Waals surface area (Å²) in [7, 11) is 1.98. The van der Waals surface area contributed by atoms with E-state index >= 15 is 0 Å². The predicted octanol–water partition coefficient (Wildman–Crippen LogP) is 2.33. The van der Waals surface area contributed by atoms with Gasteiger partial charge in [0, 0.05) is 50.2 Å². The van der Waals surface area contributed by atoms with E-state index in [4.69, 9.17) is 0 Å². The van der Waals surface area contributed by atoms with Crippen LogP contribution in [0.2, 0.25) is 0 Å². The summed E-state index contributed by atoms with van der Waals surface area (Å²) in [6, 6.07) is 10.5. The number of urea groups is 1. The SMILES string of the molecule is Cn1ncc2c1CCCC2NC(=O)N1CCN(c2ccccc2)CC1. The second-order valence-corrected chi connectivity index (χ2v) is 6.87. The van der Waals surface area contributed by atoms with Crippen molar-refractivity contribution in [2.75, 3.05) is 31.1 Å². The molecule has 2 aliphatic rings. The Morgan fingerprint density at radius 1 is 1.16 bits per heavy atom. The first kappa shape index (κ1) is 16.0. The third kappa shape index (κ3) is 3.21. The first-order valence-corrected chi connectivity index (χ1v) is 9.08. The Morgan fingerprint density at radius 3 is 2.68 bits per heavy atom. The van der Waals surface area contributed by atoms with Crippen LogP contribution in [0.4, 0.5) is 10.5 Å². The first-order chi connectivity index (χ1) is 12.2. The van der Waals surface area contributed by atoms with E-state index in [1.165, 1.54) is 16.9 Å². The van der Waals surface area contributed by atoms with Gasteiger partial charge in [-0.3, -0.25) is 4.68 Å². The predicted molar refractivity (Wildman–Crippen MR) is 97.6 cm³/mol. The molecule has 1 aromatic carbocycles. The second-order valence-electron chi connectivity index (χ2n) is 6.87. The summed E-state index contributed by atoms with van der Waals surface area (Å²) in [5.74, 6) is 0. The molecule has 6 heteroatoms. The van der Waals surface area contributed by atoms with Crippen molar-refractivity contribution in [3.05, 3.63) is 47.8 Å². The number of carbonyl (C=O) groups is 1. The van der Waals surface area contributed by atoms with Gasteiger partial charge in [0.15, 0.2) is 0 Å². The summed E-state index contributed by atoms with van der Waals surface area (Å²) < 4.78 is 1.94. The molecular weight excluding hydrogens is 314 g/mol. The zero-order valence-corrected chi connectivity index (χ0v) is 14.7. The largest absolute Gasteiger partial charge is 0.368 e. The number of aryl methyl sites for hydroxylation is 1. The molecule has 1 saturated heterocycles. The van der Waals surface area contributed by atoms with E-state index in [2.05, 4.69) is 39.6 Å². The summed E-state index contributed by atoms with van der Waals surface area (Å²) in [6.07, 6.45) is 5.05. The number of nitrogens with zero attached hydrogens (tertiary/aromatic N) is 4. The van der Waals surface area contributed by atoms with Crippen LogP contribution in [0.3, 0.4) is 0 Å². The minimum Gasteiger partial charge on any atom is -0.368 e. The molecule has 0 saturated carbocycles. The van der Waals surface area contributed by atoms with E-state index in [-0.39, 0.29) is 12.1 Å². The zero-order valence-electron chi connectivity index (χ0n) is 14.7. The summed E-state index contributed by atoms with van der Waals surface area (Å²) in [5.41, 5.74) is 3.67. The lowest BCUT2D eigenvalue weighted by Gasteiger charge is -2.37. The highest BCUT2D eigenvalue weighted by atomic mass is 16.2. The van der Waals surface area contributed by atoms with Crippen LogP contribution in [-0.2, 0) is 13.5 Å². The molecule has 1 N–H and O–H groups in total. The number of para-hydroxylation sites is 1. The Labute approximate surface area is 148 Å². The Bertz CT molecular complexity index is 734. The van der Waals surface area contributed by atoms with Gasteiger partial charge in [-0.25, -0.2) is 4.79 Å². The molecule has 2 amide bonds. The van der Waals surface area contributed by atoms with Crippen LogP contribution < -0.4 is 10.2 Å². The Kier molecular flexibility index (Phi) is 4.34. The number of piperazine rings is 1. The number of rotatable bonds is 2. The number of hydrogen-bond acceptors (Lipinski definition) is 3. The van der Waals surface area contributed by atoms with Crippen molar-refractivity contribution in [1.82, 2.24) is 20.0 Å². The highest BCUT2D eigenvalue weighted by Crippen LogP contribution is 2.29. The Hall–Kier alpha value is -2.50. The number of benzene rings is 1. The van der Waals surface area contributed by atoms with Crippen LogP contribution in [0.15, 0.2) is 36.5 Å². The van der Waals surface area contributed by atoms with Crippen LogP contribution in [0.5, 0.6) is 0 Å². The molecule has 1 fully saturated rings. The molecule has 1 unspecified atom stereocenters. The minimum atomic E-state index is 0.0504. The first-order valence-electron chi connectivity index (χ1n) is 9.08. The smallest absolute Gasteiger partial charge is 0.318 e. The average Bonchev–Trinajstić information content (AvgIpc) is 3.05. The standard InChI is InChI=1S/C19H25N5O/c1-22-18-9-5-8-17(16(18)14-20-22)21-19(25)24-12-10-23(11-13-24)15-6-3-2-4-7-15/h2-4,6-7,14,17H,5,8-13H2,1H3,(H,21,25). The maximum Gasteiger partial charge on any atom is 0.318 e. The average molecular weight is 339 g/mol. The van der Waals surface area contributed by atoms with Gasteiger partial charge < -0.3 is 15.1 Å². The lowest BCUT2D eigenvalue weighted by atomic mass is 9.93. The number of anilines is 1. The molecule has 1 atom stereocenters. The fourth-order valence-electron chi connectivity index (χ4n) is 3.90. The fraction of sp³-hybridized carbons (Fsp3) is 0.474. The van der Waals surface area contributed by atoms with Crippen molar-refractivity contribution in [1.29, 1.82) is 0 Å². The van der Waals surface area contributed by atoms with Gasteiger partial charge in [0.05, 0.1) is 12.2 Å². The molecule has 1 aliphatic carbocycles. The molecule has 0 spiro atoms. The number of hydrogen-bond donors (Lipinski definition) is 1. The van der Waals surface area contributed by atoms with Gasteiger partial charge in [-0.1, -0.05) is 18.2 Å². The molecule has 2 aromatic rings. The van der Waals surface area contributed by atoms with Crippen LogP contribution in [0, 0.1) is 0 Å². The van der Waals surface area contributed by atoms with Crippen molar-refractivity contribution >= 4 is 11.7 Å². The molecule has 1 aliphatic heterocycles. The van der Waals surface area contributed by atoms with E-state index < -0.39 is 0 Å². The number of nitrogens with one attached hydrogen (secondary N) is 1. The van der Waals surface area contributed by atoms with Crippen molar-refractivity contribution in [3.8, 4) is 0 Å². The van der Waals surface area contributed by atoms with Crippen LogP contribution in [0.25, 0.3) is 0 Å². The topological polar surface area (TPSA) is 53.4 Å². The van der Waals surface area contributed by atoms with Crippen LogP contribution in [0.1, 0.15) is 30.1 Å². The molecule has 6 nitrogen and oxygen atoms in total. The maximum absolute atomic E-state index is 12.7. The highest BCUT2D eigenvalue weighted by molar-refractivity contribution is 5.75. The van der Waals surface area contributed by atoms with Crippen LogP contribution >= 0.6 is 0 Å². The van der Waals surface area contributed by atoms with Gasteiger partial charge in [-0.15, -0.1) is 0 Å². The minimum absolute atomic E-state index is 0.0504. The van der Waals surface area contributed by atoms with Crippen molar-refractivity contribution in [2.45, 2.75) is 25.3 Å². The Morgan fingerprint density at radius 2 is 1.92 bits per heavy atom. The van der Waals surface area contributed by atoms with E-state index in [1.54, 1.807) is 0 Å². The summed E-state index contributed by atoms with van der Waals surface area (Å²) in [4.78, 5) is 17.0. The number of aromatic nitrogens is 2. The number of carbonyl (C=O) groups excluding carboxylic acids is 1. The number of amides is 2. The zero-order chi connectivity index (χ0) is 17.2. The van der Waals surface area contributed by atoms with Crippen molar-refractivity contribution in [3.63, 3.8) is 0 Å². The molecule has 0 radical (unpaired) electrons. The lowest BCUT2D eigenvalue weighted by molar-refractivity contribution is 0.189. The van der Waals surface area contributed by atoms with Crippen LogP contribution in [-0.4, -0.2) is 46.9 Å². The molecule has 2 heterocycles. The lowest BCUT2D eigenvalue weighted by Crippen LogP contribution is -2.52. The highest BCUT2D eigenvalue weighted by Gasteiger charge is 2.28. The normalized spacial score (nSPS) is 20.3. The van der Waals surface area contributed by atoms with Gasteiger partial charge in [0.2, 0.25) is 0 Å².